The van der Waals surface area contributed by atoms with Gasteiger partial charge in [-0.2, -0.15) is 0 Å². The van der Waals surface area contributed by atoms with Gasteiger partial charge in [-0.25, -0.2) is 9.80 Å². The number of aliphatic hydroxyl groups is 1. The zero-order chi connectivity index (χ0) is 27.8. The van der Waals surface area contributed by atoms with E-state index in [-0.39, 0.29) is 17.4 Å². The van der Waals surface area contributed by atoms with Crippen molar-refractivity contribution < 1.29 is 24.6 Å². The standard InChI is InChI=1S/C29H37ClN2O5/c1-19(2)24(17-33)32(26(36)28(5,6)22-9-7-8-20(16-22)25(34)35)31-15-14-29(37,27(3,4)18-31)21-10-12-23(30)13-11-21/h7-13,16-17,19,24,37H,14-15,18H2,1-6H3,(H,34,35)/t24-,29-/m0/s1. The van der Waals surface area contributed by atoms with Crippen LogP contribution in [0.15, 0.2) is 48.5 Å². The smallest absolute Gasteiger partial charge is 0.335 e. The van der Waals surface area contributed by atoms with Gasteiger partial charge in [-0.15, -0.1) is 0 Å². The Bertz CT molecular complexity index is 1160. The summed E-state index contributed by atoms with van der Waals surface area (Å²) in [5, 5.41) is 25.3. The Kier molecular flexibility index (Phi) is 8.22. The predicted molar refractivity (Wildman–Crippen MR) is 143 cm³/mol. The van der Waals surface area contributed by atoms with Gasteiger partial charge in [0.25, 0.3) is 0 Å². The number of aldehydes is 1. The minimum absolute atomic E-state index is 0.0906. The predicted octanol–water partition coefficient (Wildman–Crippen LogP) is 4.90. The number of amides is 1. The van der Waals surface area contributed by atoms with Crippen molar-refractivity contribution in [2.45, 2.75) is 65.0 Å². The van der Waals surface area contributed by atoms with Gasteiger partial charge in [0.05, 0.1) is 16.6 Å². The number of carbonyl (C=O) groups is 3. The van der Waals surface area contributed by atoms with Crippen LogP contribution in [0.25, 0.3) is 0 Å². The average Bonchev–Trinajstić information content (AvgIpc) is 2.84. The minimum Gasteiger partial charge on any atom is -0.478 e. The van der Waals surface area contributed by atoms with Crippen LogP contribution in [-0.4, -0.2) is 57.5 Å². The molecule has 0 spiro atoms. The van der Waals surface area contributed by atoms with E-state index in [1.54, 1.807) is 38.1 Å². The third kappa shape index (κ3) is 5.44. The molecule has 1 amide bonds. The van der Waals surface area contributed by atoms with Crippen molar-refractivity contribution in [1.82, 2.24) is 10.0 Å². The van der Waals surface area contributed by atoms with Crippen LogP contribution < -0.4 is 0 Å². The summed E-state index contributed by atoms with van der Waals surface area (Å²) in [6, 6.07) is 12.8. The van der Waals surface area contributed by atoms with Gasteiger partial charge < -0.3 is 15.0 Å². The molecule has 1 saturated heterocycles. The highest BCUT2D eigenvalue weighted by Crippen LogP contribution is 2.47. The first-order chi connectivity index (χ1) is 17.2. The van der Waals surface area contributed by atoms with Gasteiger partial charge in [0, 0.05) is 23.5 Å². The monoisotopic (exact) mass is 528 g/mol. The van der Waals surface area contributed by atoms with Crippen LogP contribution in [0.2, 0.25) is 5.02 Å². The largest absolute Gasteiger partial charge is 0.478 e. The molecule has 2 aromatic rings. The third-order valence-corrected chi connectivity index (χ3v) is 7.99. The Morgan fingerprint density at radius 2 is 1.76 bits per heavy atom. The molecule has 1 heterocycles. The highest BCUT2D eigenvalue weighted by Gasteiger charge is 2.52. The van der Waals surface area contributed by atoms with Crippen LogP contribution in [0.5, 0.6) is 0 Å². The molecular formula is C29H37ClN2O5. The SMILES string of the molecule is CC(C)[C@H](C=O)N(C(=O)C(C)(C)c1cccc(C(=O)O)c1)N1CC[C@](O)(c2ccc(Cl)cc2)C(C)(C)C1. The fourth-order valence-corrected chi connectivity index (χ4v) is 5.27. The molecule has 37 heavy (non-hydrogen) atoms. The molecular weight excluding hydrogens is 492 g/mol. The molecule has 1 fully saturated rings. The van der Waals surface area contributed by atoms with E-state index in [0.29, 0.717) is 30.1 Å². The molecule has 0 bridgehead atoms. The minimum atomic E-state index is -1.16. The van der Waals surface area contributed by atoms with E-state index < -0.39 is 28.4 Å². The zero-order valence-electron chi connectivity index (χ0n) is 22.4. The molecule has 2 N–H and O–H groups in total. The maximum absolute atomic E-state index is 14.2. The van der Waals surface area contributed by atoms with Gasteiger partial charge in [0.15, 0.2) is 0 Å². The van der Waals surface area contributed by atoms with E-state index in [9.17, 15) is 24.6 Å². The quantitative estimate of drug-likeness (QED) is 0.473. The molecule has 2 atom stereocenters. The number of benzene rings is 2. The fourth-order valence-electron chi connectivity index (χ4n) is 5.14. The van der Waals surface area contributed by atoms with Crippen molar-refractivity contribution in [3.8, 4) is 0 Å². The number of carboxylic acids is 1. The van der Waals surface area contributed by atoms with Crippen LogP contribution in [0.4, 0.5) is 0 Å². The maximum atomic E-state index is 14.2. The molecule has 0 radical (unpaired) electrons. The average molecular weight is 529 g/mol. The van der Waals surface area contributed by atoms with E-state index in [0.717, 1.165) is 11.8 Å². The highest BCUT2D eigenvalue weighted by molar-refractivity contribution is 6.30. The lowest BCUT2D eigenvalue weighted by molar-refractivity contribution is -0.198. The zero-order valence-corrected chi connectivity index (χ0v) is 23.1. The lowest BCUT2D eigenvalue weighted by atomic mass is 9.67. The Morgan fingerprint density at radius 3 is 2.27 bits per heavy atom. The Labute approximate surface area is 224 Å². The number of hydrogen-bond acceptors (Lipinski definition) is 5. The van der Waals surface area contributed by atoms with Crippen LogP contribution >= 0.6 is 11.6 Å². The molecule has 8 heteroatoms. The first-order valence-corrected chi connectivity index (χ1v) is 12.9. The molecule has 7 nitrogen and oxygen atoms in total. The number of carbonyl (C=O) groups excluding carboxylic acids is 2. The second kappa shape index (κ2) is 10.6. The molecule has 0 saturated carbocycles. The van der Waals surface area contributed by atoms with E-state index in [1.165, 1.54) is 17.1 Å². The lowest BCUT2D eigenvalue weighted by Gasteiger charge is -2.54. The van der Waals surface area contributed by atoms with Gasteiger partial charge in [-0.1, -0.05) is 63.6 Å². The van der Waals surface area contributed by atoms with Crippen molar-refractivity contribution in [2.24, 2.45) is 11.3 Å². The van der Waals surface area contributed by atoms with Crippen molar-refractivity contribution in [3.63, 3.8) is 0 Å². The molecule has 3 rings (SSSR count). The second-order valence-electron chi connectivity index (χ2n) is 11.4. The number of aromatic carboxylic acids is 1. The van der Waals surface area contributed by atoms with Gasteiger partial charge in [0.1, 0.15) is 12.3 Å². The van der Waals surface area contributed by atoms with Crippen LogP contribution in [-0.2, 0) is 20.6 Å². The number of piperidine rings is 1. The lowest BCUT2D eigenvalue weighted by Crippen LogP contribution is -2.65. The molecule has 200 valence electrons. The van der Waals surface area contributed by atoms with E-state index in [1.807, 2.05) is 44.8 Å². The van der Waals surface area contributed by atoms with E-state index in [4.69, 9.17) is 11.6 Å². The number of nitrogens with zero attached hydrogens (tertiary/aromatic N) is 2. The van der Waals surface area contributed by atoms with E-state index in [2.05, 4.69) is 0 Å². The van der Waals surface area contributed by atoms with Gasteiger partial charge in [-0.3, -0.25) is 9.80 Å². The van der Waals surface area contributed by atoms with Gasteiger partial charge in [0.2, 0.25) is 5.91 Å². The van der Waals surface area contributed by atoms with Gasteiger partial charge in [-0.05, 0) is 61.6 Å². The Balaban J connectivity index is 2.02. The van der Waals surface area contributed by atoms with Crippen LogP contribution in [0.1, 0.15) is 69.4 Å². The molecule has 0 aromatic heterocycles. The summed E-state index contributed by atoms with van der Waals surface area (Å²) in [4.78, 5) is 38.1. The van der Waals surface area contributed by atoms with Crippen LogP contribution in [0.3, 0.4) is 0 Å². The number of hydrazine groups is 1. The Hall–Kier alpha value is -2.74. The summed E-state index contributed by atoms with van der Waals surface area (Å²) in [5.74, 6) is -1.55. The molecule has 1 aliphatic rings. The van der Waals surface area contributed by atoms with Crippen LogP contribution in [0, 0.1) is 11.3 Å². The third-order valence-electron chi connectivity index (χ3n) is 7.73. The number of carboxylic acid groups (broad SMARTS) is 1. The van der Waals surface area contributed by atoms with E-state index >= 15 is 0 Å². The van der Waals surface area contributed by atoms with Gasteiger partial charge >= 0.3 is 5.97 Å². The summed E-state index contributed by atoms with van der Waals surface area (Å²) in [5.41, 5.74) is -1.58. The molecule has 0 unspecified atom stereocenters. The normalized spacial score (nSPS) is 20.9. The summed E-state index contributed by atoms with van der Waals surface area (Å²) in [6.45, 7) is 11.8. The number of rotatable bonds is 8. The summed E-state index contributed by atoms with van der Waals surface area (Å²) < 4.78 is 0. The van der Waals surface area contributed by atoms with Crippen molar-refractivity contribution in [2.75, 3.05) is 13.1 Å². The molecule has 0 aliphatic carbocycles. The van der Waals surface area contributed by atoms with Crippen molar-refractivity contribution in [1.29, 1.82) is 0 Å². The first-order valence-electron chi connectivity index (χ1n) is 12.5. The number of halogens is 1. The maximum Gasteiger partial charge on any atom is 0.335 e. The summed E-state index contributed by atoms with van der Waals surface area (Å²) in [7, 11) is 0. The summed E-state index contributed by atoms with van der Waals surface area (Å²) >= 11 is 6.07. The topological polar surface area (TPSA) is 98.2 Å². The van der Waals surface area contributed by atoms with Crippen molar-refractivity contribution >= 4 is 29.8 Å². The Morgan fingerprint density at radius 1 is 1.14 bits per heavy atom. The second-order valence-corrected chi connectivity index (χ2v) is 11.9. The highest BCUT2D eigenvalue weighted by atomic mass is 35.5. The molecule has 2 aromatic carbocycles. The summed E-state index contributed by atoms with van der Waals surface area (Å²) in [6.07, 6.45) is 1.13. The first kappa shape index (κ1) is 28.8. The number of hydrogen-bond donors (Lipinski definition) is 2. The molecule has 1 aliphatic heterocycles. The van der Waals surface area contributed by atoms with Crippen molar-refractivity contribution in [3.05, 3.63) is 70.2 Å². The fraction of sp³-hybridized carbons (Fsp3) is 0.483.